The van der Waals surface area contributed by atoms with Gasteiger partial charge in [0.2, 0.25) is 0 Å². The quantitative estimate of drug-likeness (QED) is 0.703. The Kier molecular flexibility index (Phi) is 5.56. The molecular formula is C21H21N3O3. The molecule has 2 N–H and O–H groups in total. The number of carbonyl (C=O) groups is 2. The van der Waals surface area contributed by atoms with Crippen molar-refractivity contribution in [1.29, 1.82) is 0 Å². The summed E-state index contributed by atoms with van der Waals surface area (Å²) in [5.74, 6) is -0.369. The second-order valence-corrected chi connectivity index (χ2v) is 6.23. The average Bonchev–Trinajstić information content (AvgIpc) is 3.21. The monoisotopic (exact) mass is 363 g/mol. The van der Waals surface area contributed by atoms with E-state index in [2.05, 4.69) is 10.6 Å². The first-order valence-electron chi connectivity index (χ1n) is 8.53. The van der Waals surface area contributed by atoms with Crippen molar-refractivity contribution in [2.24, 2.45) is 0 Å². The Morgan fingerprint density at radius 2 is 1.74 bits per heavy atom. The van der Waals surface area contributed by atoms with Gasteiger partial charge in [0, 0.05) is 32.0 Å². The third-order valence-electron chi connectivity index (χ3n) is 4.02. The molecule has 0 unspecified atom stereocenters. The molecule has 6 nitrogen and oxygen atoms in total. The molecule has 0 aliphatic carbocycles. The third kappa shape index (κ3) is 4.55. The van der Waals surface area contributed by atoms with Crippen LogP contribution >= 0.6 is 0 Å². The molecule has 0 saturated heterocycles. The number of nitrogens with one attached hydrogen (secondary N) is 2. The molecule has 3 aromatic rings. The smallest absolute Gasteiger partial charge is 0.291 e. The molecule has 27 heavy (non-hydrogen) atoms. The van der Waals surface area contributed by atoms with E-state index in [1.54, 1.807) is 30.3 Å². The van der Waals surface area contributed by atoms with E-state index in [0.717, 1.165) is 11.3 Å². The standard InChI is InChI=1S/C21H21N3O3/c1-24(2)18-11-10-16(23-21(26)19-9-6-12-27-19)13-17(18)20(25)22-14-15-7-4-3-5-8-15/h3-13H,14H2,1-2H3,(H,22,25)(H,23,26). The molecular weight excluding hydrogens is 342 g/mol. The Morgan fingerprint density at radius 3 is 2.41 bits per heavy atom. The van der Waals surface area contributed by atoms with Crippen LogP contribution in [0.3, 0.4) is 0 Å². The topological polar surface area (TPSA) is 74.6 Å². The Morgan fingerprint density at radius 1 is 0.963 bits per heavy atom. The Balaban J connectivity index is 1.78. The van der Waals surface area contributed by atoms with Gasteiger partial charge in [-0.1, -0.05) is 30.3 Å². The van der Waals surface area contributed by atoms with Crippen LogP contribution < -0.4 is 15.5 Å². The van der Waals surface area contributed by atoms with Crippen molar-refractivity contribution >= 4 is 23.2 Å². The first-order valence-corrected chi connectivity index (χ1v) is 8.53. The van der Waals surface area contributed by atoms with Crippen LogP contribution in [0, 0.1) is 0 Å². The lowest BCUT2D eigenvalue weighted by atomic mass is 10.1. The predicted octanol–water partition coefficient (Wildman–Crippen LogP) is 3.53. The second-order valence-electron chi connectivity index (χ2n) is 6.23. The molecule has 0 aliphatic heterocycles. The van der Waals surface area contributed by atoms with Crippen molar-refractivity contribution in [3.63, 3.8) is 0 Å². The molecule has 0 spiro atoms. The molecule has 0 radical (unpaired) electrons. The van der Waals surface area contributed by atoms with Gasteiger partial charge in [0.15, 0.2) is 5.76 Å². The Bertz CT molecular complexity index is 919. The number of carbonyl (C=O) groups excluding carboxylic acids is 2. The lowest BCUT2D eigenvalue weighted by molar-refractivity contribution is 0.0949. The first-order chi connectivity index (χ1) is 13.0. The van der Waals surface area contributed by atoms with Gasteiger partial charge in [-0.15, -0.1) is 0 Å². The van der Waals surface area contributed by atoms with E-state index in [-0.39, 0.29) is 17.6 Å². The number of hydrogen-bond donors (Lipinski definition) is 2. The number of furan rings is 1. The second kappa shape index (κ2) is 8.23. The number of anilines is 2. The molecule has 0 atom stereocenters. The van der Waals surface area contributed by atoms with Crippen LogP contribution in [0.1, 0.15) is 26.5 Å². The molecule has 2 aromatic carbocycles. The molecule has 3 rings (SSSR count). The van der Waals surface area contributed by atoms with Crippen molar-refractivity contribution < 1.29 is 14.0 Å². The van der Waals surface area contributed by atoms with Gasteiger partial charge in [0.1, 0.15) is 0 Å². The summed E-state index contributed by atoms with van der Waals surface area (Å²) in [4.78, 5) is 26.8. The van der Waals surface area contributed by atoms with Crippen molar-refractivity contribution in [2.45, 2.75) is 6.54 Å². The van der Waals surface area contributed by atoms with Gasteiger partial charge in [-0.3, -0.25) is 9.59 Å². The Labute approximate surface area is 157 Å². The number of hydrogen-bond acceptors (Lipinski definition) is 4. The largest absolute Gasteiger partial charge is 0.459 e. The number of amides is 2. The van der Waals surface area contributed by atoms with E-state index < -0.39 is 0 Å². The fourth-order valence-electron chi connectivity index (χ4n) is 2.66. The molecule has 6 heteroatoms. The summed E-state index contributed by atoms with van der Waals surface area (Å²) in [7, 11) is 3.73. The van der Waals surface area contributed by atoms with Gasteiger partial charge in [-0.25, -0.2) is 0 Å². The summed E-state index contributed by atoms with van der Waals surface area (Å²) >= 11 is 0. The highest BCUT2D eigenvalue weighted by Crippen LogP contribution is 2.23. The molecule has 0 bridgehead atoms. The molecule has 0 saturated carbocycles. The van der Waals surface area contributed by atoms with Crippen LogP contribution in [0.15, 0.2) is 71.3 Å². The zero-order valence-electron chi connectivity index (χ0n) is 15.2. The van der Waals surface area contributed by atoms with Crippen molar-refractivity contribution in [1.82, 2.24) is 5.32 Å². The fraction of sp³-hybridized carbons (Fsp3) is 0.143. The summed E-state index contributed by atoms with van der Waals surface area (Å²) in [5.41, 5.74) is 2.77. The van der Waals surface area contributed by atoms with Gasteiger partial charge in [-0.05, 0) is 35.9 Å². The van der Waals surface area contributed by atoms with Crippen molar-refractivity contribution in [2.75, 3.05) is 24.3 Å². The molecule has 0 fully saturated rings. The maximum absolute atomic E-state index is 12.7. The number of benzene rings is 2. The van der Waals surface area contributed by atoms with E-state index >= 15 is 0 Å². The molecule has 1 aromatic heterocycles. The van der Waals surface area contributed by atoms with Gasteiger partial charge in [0.25, 0.3) is 11.8 Å². The van der Waals surface area contributed by atoms with Gasteiger partial charge in [0.05, 0.1) is 11.8 Å². The first kappa shape index (κ1) is 18.3. The van der Waals surface area contributed by atoms with E-state index in [0.29, 0.717) is 17.8 Å². The SMILES string of the molecule is CN(C)c1ccc(NC(=O)c2ccco2)cc1C(=O)NCc1ccccc1. The lowest BCUT2D eigenvalue weighted by Gasteiger charge is -2.18. The fourth-order valence-corrected chi connectivity index (χ4v) is 2.66. The molecule has 138 valence electrons. The summed E-state index contributed by atoms with van der Waals surface area (Å²) < 4.78 is 5.10. The van der Waals surface area contributed by atoms with E-state index in [1.807, 2.05) is 49.3 Å². The molecule has 0 aliphatic rings. The summed E-state index contributed by atoms with van der Waals surface area (Å²) in [6.07, 6.45) is 1.44. The summed E-state index contributed by atoms with van der Waals surface area (Å²) in [6, 6.07) is 18.1. The van der Waals surface area contributed by atoms with Crippen LogP contribution in [-0.4, -0.2) is 25.9 Å². The third-order valence-corrected chi connectivity index (χ3v) is 4.02. The average molecular weight is 363 g/mol. The maximum atomic E-state index is 12.7. The zero-order chi connectivity index (χ0) is 19.2. The highest BCUT2D eigenvalue weighted by molar-refractivity contribution is 6.05. The minimum Gasteiger partial charge on any atom is -0.459 e. The molecule has 1 heterocycles. The van der Waals surface area contributed by atoms with E-state index in [4.69, 9.17) is 4.42 Å². The summed E-state index contributed by atoms with van der Waals surface area (Å²) in [5, 5.41) is 5.67. The van der Waals surface area contributed by atoms with Gasteiger partial charge >= 0.3 is 0 Å². The highest BCUT2D eigenvalue weighted by Gasteiger charge is 2.16. The minimum absolute atomic E-state index is 0.210. The zero-order valence-corrected chi connectivity index (χ0v) is 15.2. The molecule has 2 amide bonds. The number of rotatable bonds is 6. The van der Waals surface area contributed by atoms with E-state index in [9.17, 15) is 9.59 Å². The van der Waals surface area contributed by atoms with Crippen LogP contribution in [0.4, 0.5) is 11.4 Å². The predicted molar refractivity (Wildman–Crippen MR) is 105 cm³/mol. The van der Waals surface area contributed by atoms with Crippen molar-refractivity contribution in [3.8, 4) is 0 Å². The van der Waals surface area contributed by atoms with E-state index in [1.165, 1.54) is 6.26 Å². The van der Waals surface area contributed by atoms with Crippen molar-refractivity contribution in [3.05, 3.63) is 83.8 Å². The van der Waals surface area contributed by atoms with Gasteiger partial charge < -0.3 is 20.0 Å². The van der Waals surface area contributed by atoms with Crippen LogP contribution in [-0.2, 0) is 6.54 Å². The highest BCUT2D eigenvalue weighted by atomic mass is 16.3. The normalized spacial score (nSPS) is 10.3. The summed E-state index contributed by atoms with van der Waals surface area (Å²) in [6.45, 7) is 0.426. The Hall–Kier alpha value is -3.54. The van der Waals surface area contributed by atoms with Crippen LogP contribution in [0.25, 0.3) is 0 Å². The maximum Gasteiger partial charge on any atom is 0.291 e. The van der Waals surface area contributed by atoms with Crippen LogP contribution in [0.5, 0.6) is 0 Å². The minimum atomic E-state index is -0.367. The lowest BCUT2D eigenvalue weighted by Crippen LogP contribution is -2.25. The number of nitrogens with zero attached hydrogens (tertiary/aromatic N) is 1. The van der Waals surface area contributed by atoms with Gasteiger partial charge in [-0.2, -0.15) is 0 Å². The van der Waals surface area contributed by atoms with Crippen LogP contribution in [0.2, 0.25) is 0 Å².